The van der Waals surface area contributed by atoms with E-state index in [0.717, 1.165) is 24.3 Å². The van der Waals surface area contributed by atoms with Gasteiger partial charge in [-0.05, 0) is 102 Å². The smallest absolute Gasteiger partial charge is 0.744 e. The first-order valence-corrected chi connectivity index (χ1v) is 23.0. The van der Waals surface area contributed by atoms with Crippen molar-refractivity contribution in [3.05, 3.63) is 131 Å². The first-order valence-electron chi connectivity index (χ1n) is 18.8. The van der Waals surface area contributed by atoms with E-state index in [1.165, 1.54) is 92.0 Å². The van der Waals surface area contributed by atoms with Crippen LogP contribution in [0.25, 0.3) is 10.8 Å². The van der Waals surface area contributed by atoms with Crippen molar-refractivity contribution in [1.29, 1.82) is 0 Å². The van der Waals surface area contributed by atoms with E-state index < -0.39 is 83.9 Å². The van der Waals surface area contributed by atoms with E-state index in [1.54, 1.807) is 0 Å². The quantitative estimate of drug-likeness (QED) is 0.0304. The Bertz CT molecular complexity index is 3610. The average molecular weight is 1050 g/mol. The summed E-state index contributed by atoms with van der Waals surface area (Å²) < 4.78 is 114. The molecule has 30 heteroatoms. The molecule has 0 heterocycles. The van der Waals surface area contributed by atoms with E-state index >= 15 is 0 Å². The molecule has 0 saturated carbocycles. The maximum atomic E-state index is 12.3. The second-order valence-corrected chi connectivity index (χ2v) is 18.0. The van der Waals surface area contributed by atoms with Crippen molar-refractivity contribution in [1.82, 2.24) is 0 Å². The summed E-state index contributed by atoms with van der Waals surface area (Å²) in [5.74, 6) is -1.34. The number of aromatic hydroxyl groups is 3. The minimum atomic E-state index is -5.40. The molecule has 7 aromatic rings. The van der Waals surface area contributed by atoms with Crippen molar-refractivity contribution < 1.29 is 153 Å². The Morgan fingerprint density at radius 3 is 1.55 bits per heavy atom. The van der Waals surface area contributed by atoms with Gasteiger partial charge in [-0.1, -0.05) is 0 Å². The Labute approximate surface area is 468 Å². The largest absolute Gasteiger partial charge is 1.00 e. The van der Waals surface area contributed by atoms with Crippen molar-refractivity contribution in [2.75, 3.05) is 17.7 Å². The van der Waals surface area contributed by atoms with Crippen LogP contribution in [-0.2, 0) is 30.4 Å². The van der Waals surface area contributed by atoms with Crippen molar-refractivity contribution in [3.8, 4) is 23.0 Å². The van der Waals surface area contributed by atoms with Crippen LogP contribution in [-0.4, -0.2) is 66.3 Å². The van der Waals surface area contributed by atoms with E-state index in [0.29, 0.717) is 34.9 Å². The van der Waals surface area contributed by atoms with Crippen LogP contribution in [0.1, 0.15) is 0 Å². The third kappa shape index (κ3) is 14.4. The molecule has 0 radical (unpaired) electrons. The minimum Gasteiger partial charge on any atom is -0.744 e. The van der Waals surface area contributed by atoms with Gasteiger partial charge in [-0.3, -0.25) is 10.1 Å². The standard InChI is InChI=1S/C41H31N9O15S3.3Na/c1-65-29-11-6-25(7-12-29)45-49-40-38(68(62,63)64)17-22-16-30(66(56,57)58)21-34(39(22)41(40)53)48-47-32-14-9-27(19-36(32)52)42-26-8-13-31(35(51)18-26)46-44-24-4-2-23(3-5-24)43-33-15-10-28(50(54)55)20-37(33)67(59,60)61;;;/h2-21,42-43,51-53H,1H3,(H,56,57,58)(H,59,60,61)(H,62,63,64);;;/q;3*+1/p-3. The topological polar surface area (TPSA) is 383 Å². The normalized spacial score (nSPS) is 11.8. The van der Waals surface area contributed by atoms with Gasteiger partial charge in [0, 0.05) is 41.3 Å². The number of nitrogens with zero attached hydrogens (tertiary/aromatic N) is 7. The van der Waals surface area contributed by atoms with Gasteiger partial charge in [-0.2, -0.15) is 10.2 Å². The van der Waals surface area contributed by atoms with Gasteiger partial charge in [0.15, 0.2) is 5.75 Å². The number of hydrogen-bond donors (Lipinski definition) is 5. The number of phenols is 3. The van der Waals surface area contributed by atoms with Crippen molar-refractivity contribution >= 4 is 104 Å². The molecule has 0 aromatic heterocycles. The number of nitro groups is 1. The first kappa shape index (κ1) is 58.1. The fourth-order valence-electron chi connectivity index (χ4n) is 6.16. The SMILES string of the molecule is COc1ccc(N=Nc2c(S(=O)(=O)[O-])cc3cc(S(=O)(=O)[O-])cc(N=Nc4ccc(Nc5ccc(N=Nc6ccc(Nc7ccc([N+](=O)[O-])cc7S(=O)(=O)[O-])cc6)c(O)c5)cc4O)c3c2O)cc1.[Na+].[Na+].[Na+]. The molecule has 0 amide bonds. The summed E-state index contributed by atoms with van der Waals surface area (Å²) in [7, 11) is -14.3. The van der Waals surface area contributed by atoms with Crippen molar-refractivity contribution in [3.63, 3.8) is 0 Å². The third-order valence-corrected chi connectivity index (χ3v) is 11.9. The molecule has 24 nitrogen and oxygen atoms in total. The Balaban J connectivity index is 0.00000365. The van der Waals surface area contributed by atoms with Gasteiger partial charge in [-0.25, -0.2) is 25.3 Å². The van der Waals surface area contributed by atoms with Crippen LogP contribution in [0.15, 0.2) is 167 Å². The number of benzene rings is 7. The van der Waals surface area contributed by atoms with E-state index in [2.05, 4.69) is 41.3 Å². The number of rotatable bonds is 15. The van der Waals surface area contributed by atoms with Crippen LogP contribution in [0.2, 0.25) is 0 Å². The number of nitrogens with one attached hydrogen (secondary N) is 2. The van der Waals surface area contributed by atoms with Crippen molar-refractivity contribution in [2.24, 2.45) is 30.7 Å². The summed E-state index contributed by atoms with van der Waals surface area (Å²) in [6.45, 7) is 0. The number of nitro benzene ring substituents is 1. The molecule has 348 valence electrons. The van der Waals surface area contributed by atoms with Crippen LogP contribution in [0.4, 0.5) is 62.6 Å². The molecule has 0 saturated heterocycles. The molecule has 0 aliphatic carbocycles. The van der Waals surface area contributed by atoms with Crippen molar-refractivity contribution in [2.45, 2.75) is 14.7 Å². The Kier molecular flexibility index (Phi) is 19.5. The molecule has 7 aromatic carbocycles. The van der Waals surface area contributed by atoms with Crippen LogP contribution in [0.5, 0.6) is 23.0 Å². The van der Waals surface area contributed by atoms with Gasteiger partial charge in [0.05, 0.1) is 54.9 Å². The van der Waals surface area contributed by atoms with Crippen LogP contribution >= 0.6 is 0 Å². The summed E-state index contributed by atoms with van der Waals surface area (Å²) in [6, 6.07) is 24.8. The number of methoxy groups -OCH3 is 1. The molecule has 0 atom stereocenters. The summed E-state index contributed by atoms with van der Waals surface area (Å²) >= 11 is 0. The molecule has 0 aliphatic rings. The number of azo groups is 3. The Morgan fingerprint density at radius 2 is 1.04 bits per heavy atom. The molecule has 0 bridgehead atoms. The Hall–Kier alpha value is -5.47. The number of hydrogen-bond acceptors (Lipinski definition) is 23. The predicted octanol–water partition coefficient (Wildman–Crippen LogP) is 0.331. The van der Waals surface area contributed by atoms with Crippen LogP contribution in [0, 0.1) is 10.1 Å². The molecular formula is C41H28N9Na3O15S3. The predicted molar refractivity (Wildman–Crippen MR) is 237 cm³/mol. The summed E-state index contributed by atoms with van der Waals surface area (Å²) in [4.78, 5) is 7.39. The number of phenolic OH excluding ortho intramolecular Hbond substituents is 3. The van der Waals surface area contributed by atoms with E-state index in [4.69, 9.17) is 4.74 Å². The zero-order chi connectivity index (χ0) is 49.1. The second-order valence-electron chi connectivity index (χ2n) is 13.9. The maximum Gasteiger partial charge on any atom is 1.00 e. The van der Waals surface area contributed by atoms with Gasteiger partial charge in [0.25, 0.3) is 5.69 Å². The fraction of sp³-hybridized carbons (Fsp3) is 0.0244. The second kappa shape index (κ2) is 23.8. The average Bonchev–Trinajstić information content (AvgIpc) is 3.27. The fourth-order valence-corrected chi connectivity index (χ4v) is 7.99. The van der Waals surface area contributed by atoms with Gasteiger partial charge in [-0.15, -0.1) is 20.5 Å². The number of fused-ring (bicyclic) bond motifs is 1. The van der Waals surface area contributed by atoms with Gasteiger partial charge < -0.3 is 44.3 Å². The van der Waals surface area contributed by atoms with Gasteiger partial charge >= 0.3 is 88.7 Å². The number of ether oxygens (including phenoxy) is 1. The third-order valence-electron chi connectivity index (χ3n) is 9.37. The molecule has 5 N–H and O–H groups in total. The minimum absolute atomic E-state index is 0. The van der Waals surface area contributed by atoms with E-state index in [9.17, 15) is 64.3 Å². The van der Waals surface area contributed by atoms with Crippen LogP contribution < -0.4 is 104 Å². The van der Waals surface area contributed by atoms with Gasteiger partial charge in [0.1, 0.15) is 64.7 Å². The molecule has 0 spiro atoms. The molecule has 71 heavy (non-hydrogen) atoms. The maximum absolute atomic E-state index is 12.3. The first-order chi connectivity index (χ1) is 32.1. The van der Waals surface area contributed by atoms with Gasteiger partial charge in [0.2, 0.25) is 0 Å². The molecule has 0 unspecified atom stereocenters. The Morgan fingerprint density at radius 1 is 0.535 bits per heavy atom. The van der Waals surface area contributed by atoms with E-state index in [-0.39, 0.29) is 128 Å². The molecule has 0 fully saturated rings. The number of non-ortho nitro benzene ring substituents is 1. The summed E-state index contributed by atoms with van der Waals surface area (Å²) in [5.41, 5.74) is -0.967. The molecule has 7 rings (SSSR count). The summed E-state index contributed by atoms with van der Waals surface area (Å²) in [5, 5.41) is 72.5. The zero-order valence-corrected chi connectivity index (χ0v) is 45.6. The number of anilines is 4. The van der Waals surface area contributed by atoms with Crippen LogP contribution in [0.3, 0.4) is 0 Å². The van der Waals surface area contributed by atoms with E-state index in [1.807, 2.05) is 0 Å². The molecular weight excluding hydrogens is 1020 g/mol. The molecule has 0 aliphatic heterocycles. The summed E-state index contributed by atoms with van der Waals surface area (Å²) in [6.07, 6.45) is 0. The zero-order valence-electron chi connectivity index (χ0n) is 37.1. The monoisotopic (exact) mass is 1050 g/mol.